The lowest BCUT2D eigenvalue weighted by Gasteiger charge is -1.92. The molecular formula is C14H10. The summed E-state index contributed by atoms with van der Waals surface area (Å²) < 4.78 is 0. The highest BCUT2D eigenvalue weighted by Crippen LogP contribution is 2.06. The van der Waals surface area contributed by atoms with Crippen molar-refractivity contribution in [1.29, 1.82) is 0 Å². The van der Waals surface area contributed by atoms with E-state index in [-0.39, 0.29) is 0 Å². The average molecular weight is 178 g/mol. The first kappa shape index (κ1) is 8.76. The lowest BCUT2D eigenvalue weighted by Crippen LogP contribution is -1.71. The Morgan fingerprint density at radius 2 is 1.00 bits per heavy atom. The molecule has 0 spiro atoms. The molecule has 66 valence electrons. The van der Waals surface area contributed by atoms with Crippen LogP contribution in [-0.4, -0.2) is 0 Å². The predicted octanol–water partition coefficient (Wildman–Crippen LogP) is 3.46. The van der Waals surface area contributed by atoms with Gasteiger partial charge < -0.3 is 0 Å². The number of hydrogen-bond acceptors (Lipinski definition) is 0. The Labute approximate surface area is 84.5 Å². The van der Waals surface area contributed by atoms with Crippen molar-refractivity contribution in [3.8, 4) is 0 Å². The highest BCUT2D eigenvalue weighted by molar-refractivity contribution is 5.69. The van der Waals surface area contributed by atoms with Gasteiger partial charge in [-0.2, -0.15) is 0 Å². The van der Waals surface area contributed by atoms with E-state index >= 15 is 0 Å². The third-order valence-corrected chi connectivity index (χ3v) is 1.96. The van der Waals surface area contributed by atoms with Gasteiger partial charge in [-0.1, -0.05) is 60.7 Å². The number of hydrogen-bond donors (Lipinski definition) is 0. The van der Waals surface area contributed by atoms with Gasteiger partial charge in [-0.15, -0.1) is 0 Å². The Balaban J connectivity index is 2.16. The van der Waals surface area contributed by atoms with Gasteiger partial charge in [-0.05, 0) is 23.3 Å². The smallest absolute Gasteiger partial charge is 0.0184 e. The van der Waals surface area contributed by atoms with Crippen LogP contribution in [0, 0.1) is 12.1 Å². The maximum Gasteiger partial charge on any atom is -0.0184 e. The van der Waals surface area contributed by atoms with Gasteiger partial charge in [0, 0.05) is 0 Å². The molecule has 0 bridgehead atoms. The van der Waals surface area contributed by atoms with Crippen LogP contribution in [0.2, 0.25) is 0 Å². The first-order chi connectivity index (χ1) is 6.95. The standard InChI is InChI=1S/C14H10/c1-3-7-13(8-4-1)11-12-14-9-5-2-6-10-14/h3-12H/b12-11+. The van der Waals surface area contributed by atoms with Gasteiger partial charge in [0.25, 0.3) is 0 Å². The molecule has 0 N–H and O–H groups in total. The molecule has 0 aliphatic carbocycles. The molecule has 0 saturated carbocycles. The fraction of sp³-hybridized carbons (Fsp3) is 0. The monoisotopic (exact) mass is 178 g/mol. The second kappa shape index (κ2) is 4.43. The highest BCUT2D eigenvalue weighted by atomic mass is 13.9. The zero-order valence-electron chi connectivity index (χ0n) is 7.77. The van der Waals surface area contributed by atoms with E-state index in [1.807, 2.05) is 48.5 Å². The second-order valence-electron chi connectivity index (χ2n) is 3.00. The van der Waals surface area contributed by atoms with Crippen molar-refractivity contribution >= 4 is 12.2 Å². The maximum atomic E-state index is 2.99. The summed E-state index contributed by atoms with van der Waals surface area (Å²) in [5.74, 6) is 0. The molecular weight excluding hydrogens is 168 g/mol. The highest BCUT2D eigenvalue weighted by Gasteiger charge is 1.84. The molecule has 0 aliphatic heterocycles. The summed E-state index contributed by atoms with van der Waals surface area (Å²) in [4.78, 5) is 0. The molecule has 0 atom stereocenters. The average Bonchev–Trinajstić information content (AvgIpc) is 2.29. The minimum atomic E-state index is 1.19. The summed E-state index contributed by atoms with van der Waals surface area (Å²) >= 11 is 0. The van der Waals surface area contributed by atoms with Crippen LogP contribution in [0.1, 0.15) is 11.1 Å². The third-order valence-electron chi connectivity index (χ3n) is 1.96. The zero-order valence-corrected chi connectivity index (χ0v) is 7.77. The molecule has 2 rings (SSSR count). The number of benzene rings is 2. The van der Waals surface area contributed by atoms with Crippen molar-refractivity contribution < 1.29 is 0 Å². The Bertz CT molecular complexity index is 357. The van der Waals surface area contributed by atoms with Gasteiger partial charge in [-0.3, -0.25) is 0 Å². The van der Waals surface area contributed by atoms with Crippen molar-refractivity contribution in [2.24, 2.45) is 0 Å². The van der Waals surface area contributed by atoms with Gasteiger partial charge in [0.15, 0.2) is 0 Å². The van der Waals surface area contributed by atoms with E-state index in [2.05, 4.69) is 24.3 Å². The molecule has 0 saturated heterocycles. The van der Waals surface area contributed by atoms with Crippen molar-refractivity contribution in [2.45, 2.75) is 0 Å². The Morgan fingerprint density at radius 3 is 1.36 bits per heavy atom. The Hall–Kier alpha value is -1.82. The van der Waals surface area contributed by atoms with Crippen molar-refractivity contribution in [3.05, 3.63) is 71.8 Å². The summed E-state index contributed by atoms with van der Waals surface area (Å²) in [7, 11) is 0. The zero-order chi connectivity index (χ0) is 9.64. The van der Waals surface area contributed by atoms with E-state index in [1.54, 1.807) is 0 Å². The first-order valence-electron chi connectivity index (χ1n) is 4.55. The van der Waals surface area contributed by atoms with Crippen LogP contribution in [0.4, 0.5) is 0 Å². The second-order valence-corrected chi connectivity index (χ2v) is 3.00. The Morgan fingerprint density at radius 1 is 0.643 bits per heavy atom. The number of rotatable bonds is 2. The van der Waals surface area contributed by atoms with E-state index in [0.717, 1.165) is 0 Å². The van der Waals surface area contributed by atoms with E-state index in [9.17, 15) is 0 Å². The predicted molar refractivity (Wildman–Crippen MR) is 59.5 cm³/mol. The van der Waals surface area contributed by atoms with E-state index in [0.29, 0.717) is 0 Å². The van der Waals surface area contributed by atoms with Crippen LogP contribution < -0.4 is 0 Å². The minimum absolute atomic E-state index is 1.19. The third kappa shape index (κ3) is 2.33. The summed E-state index contributed by atoms with van der Waals surface area (Å²) in [5, 5.41) is 0. The van der Waals surface area contributed by atoms with Crippen LogP contribution in [0.15, 0.2) is 48.5 Å². The van der Waals surface area contributed by atoms with Crippen LogP contribution >= 0.6 is 0 Å². The van der Waals surface area contributed by atoms with Crippen LogP contribution in [-0.2, 0) is 0 Å². The van der Waals surface area contributed by atoms with Gasteiger partial charge >= 0.3 is 0 Å². The molecule has 0 fully saturated rings. The van der Waals surface area contributed by atoms with Crippen molar-refractivity contribution in [1.82, 2.24) is 0 Å². The normalized spacial score (nSPS) is 10.6. The Kier molecular flexibility index (Phi) is 2.77. The largest absolute Gasteiger partial charge is 0.0544 e. The molecule has 0 heteroatoms. The SMILES string of the molecule is [c]1ccc(/C=C/c2cc[c]cc2)cc1. The molecule has 0 nitrogen and oxygen atoms in total. The van der Waals surface area contributed by atoms with Crippen molar-refractivity contribution in [2.75, 3.05) is 0 Å². The fourth-order valence-corrected chi connectivity index (χ4v) is 1.21. The van der Waals surface area contributed by atoms with E-state index < -0.39 is 0 Å². The minimum Gasteiger partial charge on any atom is -0.0544 e. The van der Waals surface area contributed by atoms with Gasteiger partial charge in [0.1, 0.15) is 0 Å². The fourth-order valence-electron chi connectivity index (χ4n) is 1.21. The summed E-state index contributed by atoms with van der Waals surface area (Å²) in [5.41, 5.74) is 2.38. The lowest BCUT2D eigenvalue weighted by molar-refractivity contribution is 1.63. The van der Waals surface area contributed by atoms with Crippen LogP contribution in [0.5, 0.6) is 0 Å². The summed E-state index contributed by atoms with van der Waals surface area (Å²) in [6.07, 6.45) is 4.17. The molecule has 2 radical (unpaired) electrons. The quantitative estimate of drug-likeness (QED) is 0.618. The molecule has 0 unspecified atom stereocenters. The summed E-state index contributed by atoms with van der Waals surface area (Å²) in [6.45, 7) is 0. The maximum absolute atomic E-state index is 2.99. The van der Waals surface area contributed by atoms with Crippen LogP contribution in [0.3, 0.4) is 0 Å². The van der Waals surface area contributed by atoms with Gasteiger partial charge in [-0.25, -0.2) is 0 Å². The lowest BCUT2D eigenvalue weighted by atomic mass is 10.1. The topological polar surface area (TPSA) is 0 Å². The molecule has 0 aromatic heterocycles. The van der Waals surface area contributed by atoms with E-state index in [4.69, 9.17) is 0 Å². The van der Waals surface area contributed by atoms with Gasteiger partial charge in [0.2, 0.25) is 0 Å². The molecule has 2 aromatic carbocycles. The van der Waals surface area contributed by atoms with Crippen molar-refractivity contribution in [3.63, 3.8) is 0 Å². The first-order valence-corrected chi connectivity index (χ1v) is 4.55. The molecule has 14 heavy (non-hydrogen) atoms. The molecule has 0 aliphatic rings. The van der Waals surface area contributed by atoms with E-state index in [1.165, 1.54) is 11.1 Å². The summed E-state index contributed by atoms with van der Waals surface area (Å²) in [6, 6.07) is 21.8. The molecule has 0 amide bonds. The molecule has 0 heterocycles. The van der Waals surface area contributed by atoms with Gasteiger partial charge in [0.05, 0.1) is 0 Å². The molecule has 2 aromatic rings. The van der Waals surface area contributed by atoms with Crippen LogP contribution in [0.25, 0.3) is 12.2 Å².